The number of urea groups is 1. The van der Waals surface area contributed by atoms with E-state index in [1.54, 1.807) is 6.07 Å². The third kappa shape index (κ3) is 3.81. The molecule has 0 spiro atoms. The largest absolute Gasteiger partial charge is 0.417 e. The number of para-hydroxylation sites is 1. The lowest BCUT2D eigenvalue weighted by atomic mass is 9.85. The van der Waals surface area contributed by atoms with Gasteiger partial charge in [-0.2, -0.15) is 18.3 Å². The highest BCUT2D eigenvalue weighted by molar-refractivity contribution is 6.31. The molecule has 2 amide bonds. The summed E-state index contributed by atoms with van der Waals surface area (Å²) in [4.78, 5) is 14.0. The Hall–Kier alpha value is -2.81. The number of aromatic nitrogens is 2. The SMILES string of the molecule is O=C(Nc1n[nH]c2ccccc12)N1CCC(F)(c2ccc(Cl)c(C(F)(F)F)c2)CC1. The number of likely N-dealkylation sites (tertiary alicyclic amines) is 1. The van der Waals surface area contributed by atoms with Gasteiger partial charge >= 0.3 is 12.2 Å². The summed E-state index contributed by atoms with van der Waals surface area (Å²) in [6, 6.07) is 9.90. The lowest BCUT2D eigenvalue weighted by molar-refractivity contribution is -0.137. The topological polar surface area (TPSA) is 61.0 Å². The van der Waals surface area contributed by atoms with E-state index in [4.69, 9.17) is 11.6 Å². The predicted octanol–water partition coefficient (Wildman–Crippen LogP) is 5.73. The number of hydrogen-bond donors (Lipinski definition) is 2. The van der Waals surface area contributed by atoms with E-state index < -0.39 is 28.5 Å². The zero-order chi connectivity index (χ0) is 21.5. The summed E-state index contributed by atoms with van der Waals surface area (Å²) in [7, 11) is 0. The van der Waals surface area contributed by atoms with Crippen LogP contribution in [-0.4, -0.2) is 34.2 Å². The van der Waals surface area contributed by atoms with E-state index in [-0.39, 0.29) is 31.5 Å². The van der Waals surface area contributed by atoms with Crippen LogP contribution in [0.2, 0.25) is 5.02 Å². The van der Waals surface area contributed by atoms with E-state index in [1.807, 2.05) is 18.2 Å². The van der Waals surface area contributed by atoms with Crippen LogP contribution in [0.25, 0.3) is 10.9 Å². The van der Waals surface area contributed by atoms with E-state index >= 15 is 4.39 Å². The van der Waals surface area contributed by atoms with Gasteiger partial charge in [0.2, 0.25) is 0 Å². The monoisotopic (exact) mass is 440 g/mol. The number of benzene rings is 2. The standard InChI is InChI=1S/C20H17ClF4N4O/c21-15-6-5-12(11-14(15)20(23,24)25)19(22)7-9-29(10-8-19)18(30)26-17-13-3-1-2-4-16(13)27-28-17/h1-6,11H,7-10H2,(H2,26,27,28,30). The fourth-order valence-electron chi connectivity index (χ4n) is 3.61. The Labute approximate surface area is 174 Å². The second-order valence-electron chi connectivity index (χ2n) is 7.19. The number of anilines is 1. The number of amides is 2. The molecule has 1 saturated heterocycles. The summed E-state index contributed by atoms with van der Waals surface area (Å²) in [5.41, 5.74) is -2.36. The maximum absolute atomic E-state index is 15.4. The molecule has 5 nitrogen and oxygen atoms in total. The number of nitrogens with zero attached hydrogens (tertiary/aromatic N) is 2. The van der Waals surface area contributed by atoms with Crippen LogP contribution in [0.5, 0.6) is 0 Å². The molecule has 158 valence electrons. The third-order valence-corrected chi connectivity index (χ3v) is 5.66. The number of piperidine rings is 1. The number of nitrogens with one attached hydrogen (secondary N) is 2. The number of halogens is 5. The molecule has 3 aromatic rings. The molecule has 30 heavy (non-hydrogen) atoms. The summed E-state index contributed by atoms with van der Waals surface area (Å²) < 4.78 is 54.8. The molecule has 1 fully saturated rings. The minimum atomic E-state index is -4.67. The number of carbonyl (C=O) groups excluding carboxylic acids is 1. The fourth-order valence-corrected chi connectivity index (χ4v) is 3.84. The zero-order valence-electron chi connectivity index (χ0n) is 15.6. The normalized spacial score (nSPS) is 16.6. The van der Waals surface area contributed by atoms with Gasteiger partial charge in [-0.25, -0.2) is 9.18 Å². The van der Waals surface area contributed by atoms with E-state index in [0.29, 0.717) is 5.82 Å². The lowest BCUT2D eigenvalue weighted by Gasteiger charge is -2.36. The highest BCUT2D eigenvalue weighted by atomic mass is 35.5. The van der Waals surface area contributed by atoms with Crippen LogP contribution < -0.4 is 5.32 Å². The number of carbonyl (C=O) groups is 1. The molecule has 0 unspecified atom stereocenters. The summed E-state index contributed by atoms with van der Waals surface area (Å²) in [5, 5.41) is 9.84. The summed E-state index contributed by atoms with van der Waals surface area (Å²) >= 11 is 5.63. The maximum atomic E-state index is 15.4. The van der Waals surface area contributed by atoms with Gasteiger partial charge in [-0.1, -0.05) is 29.8 Å². The van der Waals surface area contributed by atoms with Crippen LogP contribution >= 0.6 is 11.6 Å². The second-order valence-corrected chi connectivity index (χ2v) is 7.60. The van der Waals surface area contributed by atoms with Gasteiger partial charge in [-0.15, -0.1) is 0 Å². The van der Waals surface area contributed by atoms with Gasteiger partial charge in [0, 0.05) is 31.3 Å². The highest BCUT2D eigenvalue weighted by Gasteiger charge is 2.40. The molecule has 0 radical (unpaired) electrons. The first kappa shape index (κ1) is 20.5. The van der Waals surface area contributed by atoms with Gasteiger partial charge < -0.3 is 4.90 Å². The van der Waals surface area contributed by atoms with Gasteiger partial charge in [-0.3, -0.25) is 10.4 Å². The maximum Gasteiger partial charge on any atom is 0.417 e. The fraction of sp³-hybridized carbons (Fsp3) is 0.300. The Morgan fingerprint density at radius 3 is 2.57 bits per heavy atom. The highest BCUT2D eigenvalue weighted by Crippen LogP contribution is 2.42. The average molecular weight is 441 g/mol. The van der Waals surface area contributed by atoms with Gasteiger partial charge in [0.25, 0.3) is 0 Å². The molecular weight excluding hydrogens is 424 g/mol. The van der Waals surface area contributed by atoms with Gasteiger partial charge in [0.1, 0.15) is 5.67 Å². The average Bonchev–Trinajstić information content (AvgIpc) is 3.11. The lowest BCUT2D eigenvalue weighted by Crippen LogP contribution is -2.45. The first-order valence-electron chi connectivity index (χ1n) is 9.22. The summed E-state index contributed by atoms with van der Waals surface area (Å²) in [5.74, 6) is 0.361. The van der Waals surface area contributed by atoms with Gasteiger partial charge in [-0.05, 0) is 29.8 Å². The predicted molar refractivity (Wildman–Crippen MR) is 105 cm³/mol. The minimum absolute atomic E-state index is 0.0503. The van der Waals surface area contributed by atoms with Crippen molar-refractivity contribution >= 4 is 34.4 Å². The van der Waals surface area contributed by atoms with E-state index in [2.05, 4.69) is 15.5 Å². The summed E-state index contributed by atoms with van der Waals surface area (Å²) in [6.45, 7) is 0.101. The quantitative estimate of drug-likeness (QED) is 0.500. The molecular formula is C20H17ClF4N4O. The molecule has 2 heterocycles. The van der Waals surface area contributed by atoms with Crippen LogP contribution in [0.1, 0.15) is 24.0 Å². The van der Waals surface area contributed by atoms with Crippen molar-refractivity contribution < 1.29 is 22.4 Å². The van der Waals surface area contributed by atoms with E-state index in [1.165, 1.54) is 11.0 Å². The Morgan fingerprint density at radius 1 is 1.17 bits per heavy atom. The first-order valence-corrected chi connectivity index (χ1v) is 9.60. The number of H-pyrrole nitrogens is 1. The van der Waals surface area contributed by atoms with Crippen LogP contribution in [0.15, 0.2) is 42.5 Å². The van der Waals surface area contributed by atoms with Crippen LogP contribution in [0, 0.1) is 0 Å². The van der Waals surface area contributed by atoms with Crippen molar-refractivity contribution in [2.75, 3.05) is 18.4 Å². The van der Waals surface area contributed by atoms with Crippen molar-refractivity contribution in [3.63, 3.8) is 0 Å². The molecule has 2 N–H and O–H groups in total. The number of fused-ring (bicyclic) bond motifs is 1. The second kappa shape index (κ2) is 7.46. The first-order chi connectivity index (χ1) is 14.2. The van der Waals surface area contributed by atoms with Crippen molar-refractivity contribution in [1.29, 1.82) is 0 Å². The van der Waals surface area contributed by atoms with Crippen LogP contribution in [0.3, 0.4) is 0 Å². The number of aromatic amines is 1. The number of alkyl halides is 4. The number of hydrogen-bond acceptors (Lipinski definition) is 2. The van der Waals surface area contributed by atoms with Crippen LogP contribution in [-0.2, 0) is 11.8 Å². The molecule has 1 aromatic heterocycles. The van der Waals surface area contributed by atoms with E-state index in [0.717, 1.165) is 23.0 Å². The van der Waals surface area contributed by atoms with Crippen molar-refractivity contribution in [3.05, 3.63) is 58.6 Å². The van der Waals surface area contributed by atoms with Crippen molar-refractivity contribution in [1.82, 2.24) is 15.1 Å². The summed E-state index contributed by atoms with van der Waals surface area (Å²) in [6.07, 6.45) is -4.92. The Kier molecular flexibility index (Phi) is 5.09. The van der Waals surface area contributed by atoms with Crippen molar-refractivity contribution in [2.24, 2.45) is 0 Å². The molecule has 0 atom stereocenters. The van der Waals surface area contributed by atoms with E-state index in [9.17, 15) is 18.0 Å². The Morgan fingerprint density at radius 2 is 1.87 bits per heavy atom. The molecule has 2 aromatic carbocycles. The van der Waals surface area contributed by atoms with Crippen molar-refractivity contribution in [3.8, 4) is 0 Å². The van der Waals surface area contributed by atoms with Crippen molar-refractivity contribution in [2.45, 2.75) is 24.7 Å². The molecule has 4 rings (SSSR count). The van der Waals surface area contributed by atoms with Gasteiger partial charge in [0.15, 0.2) is 5.82 Å². The smallest absolute Gasteiger partial charge is 0.324 e. The molecule has 0 bridgehead atoms. The molecule has 1 aliphatic heterocycles. The number of rotatable bonds is 2. The molecule has 0 aliphatic carbocycles. The molecule has 0 saturated carbocycles. The molecule has 10 heteroatoms. The van der Waals surface area contributed by atoms with Gasteiger partial charge in [0.05, 0.1) is 16.1 Å². The zero-order valence-corrected chi connectivity index (χ0v) is 16.3. The Bertz CT molecular complexity index is 1090. The van der Waals surface area contributed by atoms with Crippen LogP contribution in [0.4, 0.5) is 28.2 Å². The molecule has 1 aliphatic rings. The Balaban J connectivity index is 1.46. The third-order valence-electron chi connectivity index (χ3n) is 5.33. The minimum Gasteiger partial charge on any atom is -0.324 e.